The third-order valence-corrected chi connectivity index (χ3v) is 2.38. The molecular weight excluding hydrogens is 196 g/mol. The molecule has 0 spiro atoms. The van der Waals surface area contributed by atoms with Crippen LogP contribution in [0.2, 0.25) is 0 Å². The number of esters is 1. The zero-order valence-electron chi connectivity index (χ0n) is 8.93. The summed E-state index contributed by atoms with van der Waals surface area (Å²) >= 11 is 0. The van der Waals surface area contributed by atoms with E-state index >= 15 is 0 Å². The van der Waals surface area contributed by atoms with Gasteiger partial charge in [-0.2, -0.15) is 0 Å². The van der Waals surface area contributed by atoms with E-state index < -0.39 is 0 Å². The number of nitrogens with two attached hydrogens (primary N) is 1. The van der Waals surface area contributed by atoms with Crippen LogP contribution in [0.4, 0.5) is 0 Å². The van der Waals surface area contributed by atoms with Crippen molar-refractivity contribution in [1.29, 1.82) is 0 Å². The van der Waals surface area contributed by atoms with Gasteiger partial charge in [0.05, 0.1) is 7.11 Å². The molecule has 0 saturated heterocycles. The number of methoxy groups -OCH3 is 1. The molecule has 1 heterocycles. The lowest BCUT2D eigenvalue weighted by Gasteiger charge is -2.12. The minimum Gasteiger partial charge on any atom is -0.464 e. The molecule has 0 aliphatic rings. The lowest BCUT2D eigenvalue weighted by Crippen LogP contribution is -2.17. The molecule has 0 aliphatic carbocycles. The van der Waals surface area contributed by atoms with Crippen LogP contribution >= 0.6 is 0 Å². The summed E-state index contributed by atoms with van der Waals surface area (Å²) in [6, 6.07) is 3.17. The van der Waals surface area contributed by atoms with Crippen LogP contribution in [0.5, 0.6) is 0 Å². The topological polar surface area (TPSA) is 77.5 Å². The van der Waals surface area contributed by atoms with E-state index in [1.54, 1.807) is 23.7 Å². The van der Waals surface area contributed by atoms with E-state index in [0.717, 1.165) is 5.69 Å². The first kappa shape index (κ1) is 11.7. The summed E-state index contributed by atoms with van der Waals surface area (Å²) in [5, 5.41) is 8.77. The zero-order chi connectivity index (χ0) is 11.4. The smallest absolute Gasteiger partial charge is 0.354 e. The summed E-state index contributed by atoms with van der Waals surface area (Å²) in [4.78, 5) is 11.3. The largest absolute Gasteiger partial charge is 0.464 e. The molecule has 3 N–H and O–H groups in total. The van der Waals surface area contributed by atoms with E-state index in [9.17, 15) is 4.79 Å². The predicted molar refractivity (Wildman–Crippen MR) is 55.4 cm³/mol. The molecule has 15 heavy (non-hydrogen) atoms. The van der Waals surface area contributed by atoms with E-state index in [2.05, 4.69) is 4.74 Å². The summed E-state index contributed by atoms with van der Waals surface area (Å²) in [5.41, 5.74) is 7.10. The van der Waals surface area contributed by atoms with Crippen LogP contribution in [0.1, 0.15) is 28.6 Å². The molecule has 0 saturated carbocycles. The molecule has 1 aromatic rings. The van der Waals surface area contributed by atoms with Crippen molar-refractivity contribution in [3.05, 3.63) is 23.5 Å². The maximum absolute atomic E-state index is 11.3. The number of aliphatic hydroxyl groups excluding tert-OH is 1. The van der Waals surface area contributed by atoms with Gasteiger partial charge in [0, 0.05) is 25.4 Å². The van der Waals surface area contributed by atoms with Gasteiger partial charge in [0.1, 0.15) is 5.69 Å². The Labute approximate surface area is 88.4 Å². The van der Waals surface area contributed by atoms with Gasteiger partial charge in [-0.05, 0) is 18.6 Å². The average Bonchev–Trinajstić information content (AvgIpc) is 2.59. The Balaban J connectivity index is 2.93. The predicted octanol–water partition coefficient (Wildman–Crippen LogP) is 0.194. The fourth-order valence-corrected chi connectivity index (χ4v) is 1.50. The first-order chi connectivity index (χ1) is 7.11. The highest BCUT2D eigenvalue weighted by atomic mass is 16.5. The number of aliphatic hydroxyl groups is 1. The van der Waals surface area contributed by atoms with E-state index in [1.807, 2.05) is 0 Å². The molecule has 84 valence electrons. The number of carbonyl (C=O) groups is 1. The van der Waals surface area contributed by atoms with Crippen LogP contribution in [-0.2, 0) is 11.8 Å². The van der Waals surface area contributed by atoms with Gasteiger partial charge in [0.2, 0.25) is 0 Å². The van der Waals surface area contributed by atoms with Crippen molar-refractivity contribution in [1.82, 2.24) is 4.57 Å². The van der Waals surface area contributed by atoms with Crippen molar-refractivity contribution < 1.29 is 14.6 Å². The third kappa shape index (κ3) is 2.37. The van der Waals surface area contributed by atoms with Gasteiger partial charge in [-0.3, -0.25) is 0 Å². The minimum atomic E-state index is -0.389. The van der Waals surface area contributed by atoms with Crippen LogP contribution < -0.4 is 5.73 Å². The fourth-order valence-electron chi connectivity index (χ4n) is 1.50. The molecule has 0 amide bonds. The SMILES string of the molecule is COC(=O)c1ccc(C(N)CCO)n1C. The first-order valence-corrected chi connectivity index (χ1v) is 4.72. The highest BCUT2D eigenvalue weighted by Crippen LogP contribution is 2.17. The minimum absolute atomic E-state index is 0.0277. The molecular formula is C10H16N2O3. The van der Waals surface area contributed by atoms with Gasteiger partial charge >= 0.3 is 5.97 Å². The number of carbonyl (C=O) groups excluding carboxylic acids is 1. The monoisotopic (exact) mass is 212 g/mol. The lowest BCUT2D eigenvalue weighted by atomic mass is 10.1. The van der Waals surface area contributed by atoms with Crippen LogP contribution in [0.25, 0.3) is 0 Å². The molecule has 0 bridgehead atoms. The van der Waals surface area contributed by atoms with Gasteiger partial charge in [-0.1, -0.05) is 0 Å². The lowest BCUT2D eigenvalue weighted by molar-refractivity contribution is 0.0589. The Morgan fingerprint density at radius 2 is 2.33 bits per heavy atom. The molecule has 0 radical (unpaired) electrons. The van der Waals surface area contributed by atoms with Crippen molar-refractivity contribution >= 4 is 5.97 Å². The highest BCUT2D eigenvalue weighted by Gasteiger charge is 2.16. The van der Waals surface area contributed by atoms with Crippen LogP contribution in [0.3, 0.4) is 0 Å². The summed E-state index contributed by atoms with van der Waals surface area (Å²) < 4.78 is 6.31. The Kier molecular flexibility index (Phi) is 3.88. The third-order valence-electron chi connectivity index (χ3n) is 2.38. The number of hydrogen-bond donors (Lipinski definition) is 2. The molecule has 1 atom stereocenters. The quantitative estimate of drug-likeness (QED) is 0.699. The fraction of sp³-hybridized carbons (Fsp3) is 0.500. The maximum atomic E-state index is 11.3. The standard InChI is InChI=1S/C10H16N2O3/c1-12-8(7(11)5-6-13)3-4-9(12)10(14)15-2/h3-4,7,13H,5-6,11H2,1-2H3. The second-order valence-corrected chi connectivity index (χ2v) is 3.31. The summed E-state index contributed by atoms with van der Waals surface area (Å²) in [6.07, 6.45) is 0.471. The van der Waals surface area contributed by atoms with Gasteiger partial charge in [0.25, 0.3) is 0 Å². The number of ether oxygens (including phenoxy) is 1. The Hall–Kier alpha value is -1.33. The van der Waals surface area contributed by atoms with Crippen LogP contribution in [0.15, 0.2) is 12.1 Å². The molecule has 5 heteroatoms. The summed E-state index contributed by atoms with van der Waals surface area (Å²) in [6.45, 7) is 0.0277. The Morgan fingerprint density at radius 3 is 2.87 bits per heavy atom. The second-order valence-electron chi connectivity index (χ2n) is 3.31. The molecule has 5 nitrogen and oxygen atoms in total. The van der Waals surface area contributed by atoms with Crippen molar-refractivity contribution in [2.24, 2.45) is 12.8 Å². The number of hydrogen-bond acceptors (Lipinski definition) is 4. The van der Waals surface area contributed by atoms with E-state index in [4.69, 9.17) is 10.8 Å². The molecule has 0 aromatic carbocycles. The maximum Gasteiger partial charge on any atom is 0.354 e. The number of rotatable bonds is 4. The summed E-state index contributed by atoms with van der Waals surface area (Å²) in [7, 11) is 3.08. The Bertz CT molecular complexity index is 346. The van der Waals surface area contributed by atoms with Gasteiger partial charge in [-0.25, -0.2) is 4.79 Å². The highest BCUT2D eigenvalue weighted by molar-refractivity contribution is 5.87. The molecule has 0 fully saturated rings. The van der Waals surface area contributed by atoms with Crippen LogP contribution in [0, 0.1) is 0 Å². The van der Waals surface area contributed by atoms with Gasteiger partial charge in [-0.15, -0.1) is 0 Å². The molecule has 1 rings (SSSR count). The van der Waals surface area contributed by atoms with Crippen molar-refractivity contribution in [3.63, 3.8) is 0 Å². The number of aromatic nitrogens is 1. The van der Waals surface area contributed by atoms with Crippen molar-refractivity contribution in [2.45, 2.75) is 12.5 Å². The Morgan fingerprint density at radius 1 is 1.67 bits per heavy atom. The van der Waals surface area contributed by atoms with Crippen molar-refractivity contribution in [3.8, 4) is 0 Å². The molecule has 1 unspecified atom stereocenters. The molecule has 0 aliphatic heterocycles. The van der Waals surface area contributed by atoms with Crippen LogP contribution in [-0.4, -0.2) is 29.4 Å². The van der Waals surface area contributed by atoms with Crippen molar-refractivity contribution in [2.75, 3.05) is 13.7 Å². The summed E-state index contributed by atoms with van der Waals surface area (Å²) in [5.74, 6) is -0.389. The van der Waals surface area contributed by atoms with Gasteiger partial charge < -0.3 is 20.1 Å². The number of nitrogens with zero attached hydrogens (tertiary/aromatic N) is 1. The van der Waals surface area contributed by atoms with Gasteiger partial charge in [0.15, 0.2) is 0 Å². The second kappa shape index (κ2) is 4.95. The first-order valence-electron chi connectivity index (χ1n) is 4.72. The normalized spacial score (nSPS) is 12.5. The molecule has 1 aromatic heterocycles. The van der Waals surface area contributed by atoms with E-state index in [0.29, 0.717) is 12.1 Å². The van der Waals surface area contributed by atoms with E-state index in [1.165, 1.54) is 7.11 Å². The average molecular weight is 212 g/mol. The van der Waals surface area contributed by atoms with E-state index in [-0.39, 0.29) is 18.6 Å². The zero-order valence-corrected chi connectivity index (χ0v) is 8.93.